The Hall–Kier alpha value is -3.54. The molecule has 3 heterocycles. The predicted molar refractivity (Wildman–Crippen MR) is 113 cm³/mol. The van der Waals surface area contributed by atoms with Crippen LogP contribution >= 0.6 is 0 Å². The molecule has 146 valence electrons. The highest BCUT2D eigenvalue weighted by molar-refractivity contribution is 6.03. The van der Waals surface area contributed by atoms with E-state index in [1.54, 1.807) is 30.6 Å². The summed E-state index contributed by atoms with van der Waals surface area (Å²) in [5, 5.41) is 3.78. The number of amides is 1. The van der Waals surface area contributed by atoms with Crippen molar-refractivity contribution in [2.75, 3.05) is 5.32 Å². The molecule has 5 nitrogen and oxygen atoms in total. The molecule has 0 radical (unpaired) electrons. The first-order valence-corrected chi connectivity index (χ1v) is 9.56. The summed E-state index contributed by atoms with van der Waals surface area (Å²) < 4.78 is 13.4. The third kappa shape index (κ3) is 3.74. The van der Waals surface area contributed by atoms with E-state index < -0.39 is 0 Å². The van der Waals surface area contributed by atoms with Crippen LogP contribution in [0, 0.1) is 11.7 Å². The maximum Gasteiger partial charge on any atom is 0.228 e. The fourth-order valence-corrected chi connectivity index (χ4v) is 3.23. The number of hydrogen-bond donors (Lipinski definition) is 2. The lowest BCUT2D eigenvalue weighted by atomic mass is 10.00. The quantitative estimate of drug-likeness (QED) is 0.480. The van der Waals surface area contributed by atoms with Gasteiger partial charge in [-0.3, -0.25) is 9.78 Å². The van der Waals surface area contributed by atoms with Gasteiger partial charge in [0.2, 0.25) is 5.91 Å². The lowest BCUT2D eigenvalue weighted by molar-refractivity contribution is -0.119. The molecule has 0 aliphatic carbocycles. The fraction of sp³-hybridized carbons (Fsp3) is 0.174. The molecule has 4 aromatic rings. The number of anilines is 1. The minimum atomic E-state index is -0.288. The number of halogens is 1. The number of nitrogens with one attached hydrogen (secondary N) is 2. The molecule has 4 rings (SSSR count). The van der Waals surface area contributed by atoms with Crippen molar-refractivity contribution in [2.24, 2.45) is 5.92 Å². The van der Waals surface area contributed by atoms with Gasteiger partial charge in [0.25, 0.3) is 0 Å². The highest BCUT2D eigenvalue weighted by Crippen LogP contribution is 2.38. The van der Waals surface area contributed by atoms with Gasteiger partial charge in [0.1, 0.15) is 17.3 Å². The maximum atomic E-state index is 13.4. The number of aromatic nitrogens is 3. The molecule has 6 heteroatoms. The van der Waals surface area contributed by atoms with Crippen molar-refractivity contribution in [1.29, 1.82) is 0 Å². The van der Waals surface area contributed by atoms with Crippen LogP contribution in [-0.2, 0) is 4.79 Å². The summed E-state index contributed by atoms with van der Waals surface area (Å²) in [5.74, 6) is 0.0665. The second-order valence-electron chi connectivity index (χ2n) is 7.01. The third-order valence-corrected chi connectivity index (χ3v) is 5.07. The summed E-state index contributed by atoms with van der Waals surface area (Å²) in [4.78, 5) is 24.3. The van der Waals surface area contributed by atoms with Crippen molar-refractivity contribution in [3.63, 3.8) is 0 Å². The van der Waals surface area contributed by atoms with Gasteiger partial charge in [-0.1, -0.05) is 13.8 Å². The van der Waals surface area contributed by atoms with Crippen molar-refractivity contribution in [1.82, 2.24) is 15.0 Å². The normalized spacial score (nSPS) is 12.1. The van der Waals surface area contributed by atoms with Gasteiger partial charge < -0.3 is 10.3 Å². The molecule has 1 unspecified atom stereocenters. The van der Waals surface area contributed by atoms with E-state index >= 15 is 0 Å². The van der Waals surface area contributed by atoms with Crippen molar-refractivity contribution >= 4 is 22.8 Å². The highest BCUT2D eigenvalue weighted by atomic mass is 19.1. The lowest BCUT2D eigenvalue weighted by Gasteiger charge is -2.09. The Morgan fingerprint density at radius 1 is 1.07 bits per heavy atom. The molecule has 1 amide bonds. The van der Waals surface area contributed by atoms with Gasteiger partial charge in [-0.15, -0.1) is 0 Å². The molecule has 3 aromatic heterocycles. The fourth-order valence-electron chi connectivity index (χ4n) is 3.23. The topological polar surface area (TPSA) is 70.7 Å². The van der Waals surface area contributed by atoms with Crippen LogP contribution in [0.2, 0.25) is 0 Å². The SMILES string of the molecule is CCC(C)C(=O)Nc1ccc2c(-c3ccncc3)c(-c3ccc(F)cc3)[nH]c2n1. The highest BCUT2D eigenvalue weighted by Gasteiger charge is 2.17. The molecule has 0 aliphatic heterocycles. The average Bonchev–Trinajstić information content (AvgIpc) is 3.13. The maximum absolute atomic E-state index is 13.4. The zero-order valence-electron chi connectivity index (χ0n) is 16.2. The van der Waals surface area contributed by atoms with Gasteiger partial charge in [-0.05, 0) is 66.1 Å². The van der Waals surface area contributed by atoms with Crippen LogP contribution in [-0.4, -0.2) is 20.9 Å². The van der Waals surface area contributed by atoms with Crippen molar-refractivity contribution < 1.29 is 9.18 Å². The number of nitrogens with zero attached hydrogens (tertiary/aromatic N) is 2. The molecule has 1 aromatic carbocycles. The zero-order valence-corrected chi connectivity index (χ0v) is 16.2. The summed E-state index contributed by atoms with van der Waals surface area (Å²) >= 11 is 0. The van der Waals surface area contributed by atoms with E-state index in [1.165, 1.54) is 12.1 Å². The molecule has 29 heavy (non-hydrogen) atoms. The second-order valence-corrected chi connectivity index (χ2v) is 7.01. The van der Waals surface area contributed by atoms with Gasteiger partial charge in [-0.25, -0.2) is 9.37 Å². The van der Waals surface area contributed by atoms with Gasteiger partial charge in [0.05, 0.1) is 5.69 Å². The monoisotopic (exact) mass is 388 g/mol. The Bertz CT molecular complexity index is 1150. The van der Waals surface area contributed by atoms with Crippen molar-refractivity contribution in [2.45, 2.75) is 20.3 Å². The molecule has 2 N–H and O–H groups in total. The van der Waals surface area contributed by atoms with E-state index in [4.69, 9.17) is 0 Å². The van der Waals surface area contributed by atoms with Crippen LogP contribution in [0.5, 0.6) is 0 Å². The standard InChI is InChI=1S/C23H21FN4O/c1-3-14(2)23(29)27-19-9-8-18-20(15-10-12-25-13-11-15)21(28-22(18)26-19)16-4-6-17(24)7-5-16/h4-14H,3H2,1-2H3,(H2,26,27,28,29). The van der Waals surface area contributed by atoms with E-state index in [1.807, 2.05) is 32.0 Å². The zero-order chi connectivity index (χ0) is 20.4. The second kappa shape index (κ2) is 7.83. The molecular formula is C23H21FN4O. The Morgan fingerprint density at radius 2 is 1.79 bits per heavy atom. The largest absolute Gasteiger partial charge is 0.339 e. The summed E-state index contributed by atoms with van der Waals surface area (Å²) in [6.45, 7) is 3.86. The third-order valence-electron chi connectivity index (χ3n) is 5.07. The number of H-pyrrole nitrogens is 1. The number of benzene rings is 1. The first-order chi connectivity index (χ1) is 14.1. The summed E-state index contributed by atoms with van der Waals surface area (Å²) in [5.41, 5.74) is 4.27. The number of pyridine rings is 2. The van der Waals surface area contributed by atoms with Crippen molar-refractivity contribution in [3.05, 3.63) is 66.7 Å². The summed E-state index contributed by atoms with van der Waals surface area (Å²) in [6.07, 6.45) is 4.23. The molecule has 0 bridgehead atoms. The van der Waals surface area contributed by atoms with Crippen LogP contribution in [0.4, 0.5) is 10.2 Å². The van der Waals surface area contributed by atoms with Gasteiger partial charge in [-0.2, -0.15) is 0 Å². The van der Waals surface area contributed by atoms with E-state index in [0.29, 0.717) is 11.5 Å². The van der Waals surface area contributed by atoms with E-state index in [0.717, 1.165) is 34.2 Å². The summed E-state index contributed by atoms with van der Waals surface area (Å²) in [6, 6.07) is 13.9. The number of hydrogen-bond acceptors (Lipinski definition) is 3. The number of aromatic amines is 1. The van der Waals surface area contributed by atoms with Crippen LogP contribution in [0.15, 0.2) is 60.9 Å². The molecule has 1 atom stereocenters. The lowest BCUT2D eigenvalue weighted by Crippen LogP contribution is -2.20. The molecule has 0 saturated heterocycles. The number of carbonyl (C=O) groups is 1. The molecule has 0 saturated carbocycles. The first-order valence-electron chi connectivity index (χ1n) is 9.56. The van der Waals surface area contributed by atoms with Gasteiger partial charge in [0, 0.05) is 29.3 Å². The van der Waals surface area contributed by atoms with Crippen LogP contribution < -0.4 is 5.32 Å². The van der Waals surface area contributed by atoms with Crippen LogP contribution in [0.3, 0.4) is 0 Å². The Balaban J connectivity index is 1.85. The molecule has 0 aliphatic rings. The van der Waals surface area contributed by atoms with Crippen LogP contribution in [0.25, 0.3) is 33.4 Å². The molecular weight excluding hydrogens is 367 g/mol. The number of rotatable bonds is 5. The Labute approximate surface area is 168 Å². The Kier molecular flexibility index (Phi) is 5.08. The minimum absolute atomic E-state index is 0.0565. The molecule has 0 fully saturated rings. The summed E-state index contributed by atoms with van der Waals surface area (Å²) in [7, 11) is 0. The minimum Gasteiger partial charge on any atom is -0.339 e. The van der Waals surface area contributed by atoms with Gasteiger partial charge >= 0.3 is 0 Å². The van der Waals surface area contributed by atoms with E-state index in [9.17, 15) is 9.18 Å². The van der Waals surface area contributed by atoms with Crippen molar-refractivity contribution in [3.8, 4) is 22.4 Å². The predicted octanol–water partition coefficient (Wildman–Crippen LogP) is 5.42. The van der Waals surface area contributed by atoms with Gasteiger partial charge in [0.15, 0.2) is 0 Å². The number of fused-ring (bicyclic) bond motifs is 1. The van der Waals surface area contributed by atoms with Crippen LogP contribution in [0.1, 0.15) is 20.3 Å². The number of carbonyl (C=O) groups excluding carboxylic acids is 1. The van der Waals surface area contributed by atoms with E-state index in [-0.39, 0.29) is 17.6 Å². The first kappa shape index (κ1) is 18.8. The average molecular weight is 388 g/mol. The molecule has 0 spiro atoms. The smallest absolute Gasteiger partial charge is 0.228 e. The Morgan fingerprint density at radius 3 is 2.48 bits per heavy atom. The van der Waals surface area contributed by atoms with E-state index in [2.05, 4.69) is 20.3 Å².